The third-order valence-corrected chi connectivity index (χ3v) is 5.22. The van der Waals surface area contributed by atoms with Crippen LogP contribution in [0.5, 0.6) is 0 Å². The summed E-state index contributed by atoms with van der Waals surface area (Å²) in [5.41, 5.74) is 2.37. The monoisotopic (exact) mass is 382 g/mol. The van der Waals surface area contributed by atoms with E-state index in [2.05, 4.69) is 26.3 Å². The first-order chi connectivity index (χ1) is 13.1. The van der Waals surface area contributed by atoms with Crippen molar-refractivity contribution in [2.45, 2.75) is 19.4 Å². The van der Waals surface area contributed by atoms with Crippen LogP contribution in [0.3, 0.4) is 0 Å². The molecule has 138 valence electrons. The second-order valence-corrected chi connectivity index (χ2v) is 7.31. The number of thiazole rings is 1. The maximum absolute atomic E-state index is 12.4. The van der Waals surface area contributed by atoms with Gasteiger partial charge in [0.15, 0.2) is 5.82 Å². The maximum Gasteiger partial charge on any atom is 0.264 e. The Kier molecular flexibility index (Phi) is 4.83. The number of fused-ring (bicyclic) bond motifs is 1. The predicted molar refractivity (Wildman–Crippen MR) is 102 cm³/mol. The largest absolute Gasteiger partial charge is 0.371 e. The van der Waals surface area contributed by atoms with Gasteiger partial charge in [-0.25, -0.2) is 9.97 Å². The van der Waals surface area contributed by atoms with Gasteiger partial charge in [-0.1, -0.05) is 24.3 Å². The van der Waals surface area contributed by atoms with Crippen molar-refractivity contribution in [1.29, 1.82) is 0 Å². The molecule has 27 heavy (non-hydrogen) atoms. The highest BCUT2D eigenvalue weighted by molar-refractivity contribution is 7.09. The number of hydrogen-bond acceptors (Lipinski definition) is 6. The van der Waals surface area contributed by atoms with Crippen LogP contribution in [0.4, 0.5) is 0 Å². The van der Waals surface area contributed by atoms with E-state index >= 15 is 0 Å². The summed E-state index contributed by atoms with van der Waals surface area (Å²) < 4.78 is 5.78. The number of benzene rings is 1. The van der Waals surface area contributed by atoms with Crippen molar-refractivity contribution >= 4 is 17.2 Å². The number of aromatic amines is 1. The lowest BCUT2D eigenvalue weighted by atomic mass is 9.97. The van der Waals surface area contributed by atoms with Gasteiger partial charge in [-0.2, -0.15) is 0 Å². The highest BCUT2D eigenvalue weighted by Crippen LogP contribution is 2.26. The number of carbonyl (C=O) groups excluding carboxylic acids is 1. The number of aromatic nitrogens is 3. The molecular formula is C19H18N4O3S. The fourth-order valence-corrected chi connectivity index (χ4v) is 3.68. The van der Waals surface area contributed by atoms with Gasteiger partial charge in [0.2, 0.25) is 0 Å². The van der Waals surface area contributed by atoms with Crippen LogP contribution in [0.2, 0.25) is 0 Å². The van der Waals surface area contributed by atoms with Crippen LogP contribution in [-0.4, -0.2) is 34.0 Å². The molecule has 3 aromatic rings. The lowest BCUT2D eigenvalue weighted by Crippen LogP contribution is -2.35. The van der Waals surface area contributed by atoms with Crippen molar-refractivity contribution in [2.24, 2.45) is 0 Å². The lowest BCUT2D eigenvalue weighted by molar-refractivity contribution is 0.0411. The number of H-pyrrole nitrogens is 1. The summed E-state index contributed by atoms with van der Waals surface area (Å²) >= 11 is 1.47. The third-order valence-electron chi connectivity index (χ3n) is 4.45. The number of amides is 1. The average molecular weight is 382 g/mol. The summed E-state index contributed by atoms with van der Waals surface area (Å²) in [6.45, 7) is 2.78. The summed E-state index contributed by atoms with van der Waals surface area (Å²) in [5.74, 6) is -0.123. The molecule has 2 aromatic heterocycles. The number of ether oxygens (including phenoxy) is 1. The van der Waals surface area contributed by atoms with Gasteiger partial charge in [-0.05, 0) is 24.5 Å². The fraction of sp³-hybridized carbons (Fsp3) is 0.263. The molecule has 1 aliphatic rings. The Hall–Kier alpha value is -2.84. The van der Waals surface area contributed by atoms with Crippen molar-refractivity contribution in [1.82, 2.24) is 20.3 Å². The zero-order valence-electron chi connectivity index (χ0n) is 14.7. The second kappa shape index (κ2) is 7.42. The molecule has 3 heterocycles. The summed E-state index contributed by atoms with van der Waals surface area (Å²) in [6.07, 6.45) is 1.93. The zero-order valence-corrected chi connectivity index (χ0v) is 15.5. The first kappa shape index (κ1) is 17.6. The SMILES string of the molecule is Cc1nc(-c2ncc(C(=O)NCC3OCCc4ccccc43)c(=O)[nH]2)cs1. The van der Waals surface area contributed by atoms with Crippen LogP contribution < -0.4 is 10.9 Å². The number of carbonyl (C=O) groups is 1. The Balaban J connectivity index is 1.47. The molecule has 1 unspecified atom stereocenters. The molecule has 4 rings (SSSR count). The molecule has 2 N–H and O–H groups in total. The molecule has 1 aliphatic heterocycles. The summed E-state index contributed by atoms with van der Waals surface area (Å²) in [5, 5.41) is 5.46. The first-order valence-corrected chi connectivity index (χ1v) is 9.49. The Morgan fingerprint density at radius 2 is 2.26 bits per heavy atom. The summed E-state index contributed by atoms with van der Waals surface area (Å²) in [4.78, 5) is 35.8. The van der Waals surface area contributed by atoms with Crippen LogP contribution in [0.15, 0.2) is 40.6 Å². The van der Waals surface area contributed by atoms with Gasteiger partial charge in [0.1, 0.15) is 17.4 Å². The quantitative estimate of drug-likeness (QED) is 0.721. The van der Waals surface area contributed by atoms with E-state index in [4.69, 9.17) is 4.74 Å². The van der Waals surface area contributed by atoms with E-state index in [0.717, 1.165) is 17.0 Å². The molecule has 0 bridgehead atoms. The van der Waals surface area contributed by atoms with E-state index in [1.165, 1.54) is 23.1 Å². The standard InChI is InChI=1S/C19H18N4O3S/c1-11-22-15(10-27-11)17-20-8-14(19(25)23-17)18(24)21-9-16-13-5-3-2-4-12(13)6-7-26-16/h2-5,8,10,16H,6-7,9H2,1H3,(H,21,24)(H,20,23,25). The molecule has 1 aromatic carbocycles. The van der Waals surface area contributed by atoms with Crippen molar-refractivity contribution in [3.05, 3.63) is 67.9 Å². The topological polar surface area (TPSA) is 97.0 Å². The maximum atomic E-state index is 12.4. The van der Waals surface area contributed by atoms with Crippen LogP contribution >= 0.6 is 11.3 Å². The van der Waals surface area contributed by atoms with Crippen molar-refractivity contribution in [2.75, 3.05) is 13.2 Å². The Bertz CT molecular complexity index is 1040. The van der Waals surface area contributed by atoms with E-state index in [0.29, 0.717) is 24.7 Å². The van der Waals surface area contributed by atoms with E-state index in [1.807, 2.05) is 30.5 Å². The molecule has 1 atom stereocenters. The average Bonchev–Trinajstić information content (AvgIpc) is 3.12. The lowest BCUT2D eigenvalue weighted by Gasteiger charge is -2.26. The molecule has 0 radical (unpaired) electrons. The van der Waals surface area contributed by atoms with Gasteiger partial charge in [0.05, 0.1) is 11.6 Å². The number of aryl methyl sites for hydroxylation is 1. The summed E-state index contributed by atoms with van der Waals surface area (Å²) in [6, 6.07) is 8.02. The van der Waals surface area contributed by atoms with E-state index in [9.17, 15) is 9.59 Å². The summed E-state index contributed by atoms with van der Waals surface area (Å²) in [7, 11) is 0. The molecule has 0 fully saturated rings. The molecule has 8 heteroatoms. The Labute approximate surface area is 159 Å². The third kappa shape index (κ3) is 3.67. The van der Waals surface area contributed by atoms with Gasteiger partial charge in [0, 0.05) is 18.1 Å². The van der Waals surface area contributed by atoms with Crippen LogP contribution in [0.1, 0.15) is 32.6 Å². The molecule has 7 nitrogen and oxygen atoms in total. The molecule has 0 saturated carbocycles. The molecule has 1 amide bonds. The van der Waals surface area contributed by atoms with Gasteiger partial charge in [-0.15, -0.1) is 11.3 Å². The number of rotatable bonds is 4. The second-order valence-electron chi connectivity index (χ2n) is 6.24. The molecule has 0 aliphatic carbocycles. The minimum Gasteiger partial charge on any atom is -0.371 e. The molecular weight excluding hydrogens is 364 g/mol. The Morgan fingerprint density at radius 3 is 3.04 bits per heavy atom. The molecule has 0 spiro atoms. The smallest absolute Gasteiger partial charge is 0.264 e. The van der Waals surface area contributed by atoms with Crippen molar-refractivity contribution in [3.8, 4) is 11.5 Å². The van der Waals surface area contributed by atoms with Gasteiger partial charge >= 0.3 is 0 Å². The van der Waals surface area contributed by atoms with Gasteiger partial charge < -0.3 is 15.0 Å². The van der Waals surface area contributed by atoms with E-state index in [1.54, 1.807) is 0 Å². The van der Waals surface area contributed by atoms with Crippen molar-refractivity contribution < 1.29 is 9.53 Å². The number of hydrogen-bond donors (Lipinski definition) is 2. The first-order valence-electron chi connectivity index (χ1n) is 8.61. The minimum absolute atomic E-state index is 0.0326. The Morgan fingerprint density at radius 1 is 1.41 bits per heavy atom. The normalized spacial score (nSPS) is 16.0. The van der Waals surface area contributed by atoms with Crippen LogP contribution in [-0.2, 0) is 11.2 Å². The number of nitrogens with one attached hydrogen (secondary N) is 2. The zero-order chi connectivity index (χ0) is 18.8. The predicted octanol–water partition coefficient (Wildman–Crippen LogP) is 2.25. The number of nitrogens with zero attached hydrogens (tertiary/aromatic N) is 2. The van der Waals surface area contributed by atoms with E-state index < -0.39 is 11.5 Å². The fourth-order valence-electron chi connectivity index (χ4n) is 3.09. The highest BCUT2D eigenvalue weighted by atomic mass is 32.1. The van der Waals surface area contributed by atoms with Gasteiger partial charge in [0.25, 0.3) is 11.5 Å². The molecule has 0 saturated heterocycles. The van der Waals surface area contributed by atoms with Gasteiger partial charge in [-0.3, -0.25) is 9.59 Å². The van der Waals surface area contributed by atoms with Crippen LogP contribution in [0.25, 0.3) is 11.5 Å². The minimum atomic E-state index is -0.492. The van der Waals surface area contributed by atoms with Crippen molar-refractivity contribution in [3.63, 3.8) is 0 Å². The highest BCUT2D eigenvalue weighted by Gasteiger charge is 2.22. The van der Waals surface area contributed by atoms with Crippen LogP contribution in [0, 0.1) is 6.92 Å². The van der Waals surface area contributed by atoms with E-state index in [-0.39, 0.29) is 11.7 Å².